The first-order valence-corrected chi connectivity index (χ1v) is 7.43. The van der Waals surface area contributed by atoms with Crippen molar-refractivity contribution >= 4 is 28.8 Å². The molecular weight excluding hydrogens is 310 g/mol. The highest BCUT2D eigenvalue weighted by molar-refractivity contribution is 5.93. The smallest absolute Gasteiger partial charge is 0.407 e. The first-order valence-electron chi connectivity index (χ1n) is 7.43. The number of fused-ring (bicyclic) bond motifs is 1. The molecule has 0 spiro atoms. The molecule has 0 saturated carbocycles. The number of benzene rings is 1. The monoisotopic (exact) mass is 329 g/mol. The third kappa shape index (κ3) is 4.52. The summed E-state index contributed by atoms with van der Waals surface area (Å²) in [6, 6.07) is 6.41. The van der Waals surface area contributed by atoms with Gasteiger partial charge in [-0.1, -0.05) is 12.2 Å². The first kappa shape index (κ1) is 17.4. The molecule has 0 aliphatic rings. The predicted octanol–water partition coefficient (Wildman–Crippen LogP) is 3.68. The van der Waals surface area contributed by atoms with E-state index in [1.807, 2.05) is 0 Å². The summed E-state index contributed by atoms with van der Waals surface area (Å²) in [5.41, 5.74) is 0.747. The molecule has 2 aromatic rings. The fourth-order valence-electron chi connectivity index (χ4n) is 2.12. The van der Waals surface area contributed by atoms with Crippen molar-refractivity contribution < 1.29 is 14.5 Å². The lowest BCUT2D eigenvalue weighted by atomic mass is 10.1. The van der Waals surface area contributed by atoms with Gasteiger partial charge in [0.05, 0.1) is 15.8 Å². The normalized spacial score (nSPS) is 11.6. The number of rotatable bonds is 4. The standard InChI is InChI=1S/C17H19N3O4/c1-17(2,3)24-16(21)19-11-4-6-12-8-9-14(20(22)23)13-7-5-10-18-15(12)13/h4-10H,11H2,1-3H3,(H,19,21). The van der Waals surface area contributed by atoms with Gasteiger partial charge in [-0.3, -0.25) is 15.1 Å². The number of nitrogens with zero attached hydrogens (tertiary/aromatic N) is 2. The molecule has 0 aliphatic heterocycles. The molecule has 7 heteroatoms. The molecular formula is C17H19N3O4. The van der Waals surface area contributed by atoms with Gasteiger partial charge in [-0.15, -0.1) is 0 Å². The molecule has 1 N–H and O–H groups in total. The topological polar surface area (TPSA) is 94.4 Å². The number of carbonyl (C=O) groups is 1. The van der Waals surface area contributed by atoms with Gasteiger partial charge in [0, 0.05) is 24.4 Å². The third-order valence-electron chi connectivity index (χ3n) is 3.04. The minimum atomic E-state index is -0.549. The van der Waals surface area contributed by atoms with E-state index in [2.05, 4.69) is 10.3 Å². The Morgan fingerprint density at radius 1 is 1.38 bits per heavy atom. The summed E-state index contributed by atoms with van der Waals surface area (Å²) < 4.78 is 5.13. The van der Waals surface area contributed by atoms with Gasteiger partial charge in [0.25, 0.3) is 5.69 Å². The summed E-state index contributed by atoms with van der Waals surface area (Å²) >= 11 is 0. The highest BCUT2D eigenvalue weighted by Crippen LogP contribution is 2.27. The van der Waals surface area contributed by atoms with Gasteiger partial charge >= 0.3 is 6.09 Å². The van der Waals surface area contributed by atoms with Crippen molar-refractivity contribution in [3.05, 3.63) is 52.2 Å². The zero-order valence-corrected chi connectivity index (χ0v) is 13.8. The number of hydrogen-bond donors (Lipinski definition) is 1. The van der Waals surface area contributed by atoms with Crippen LogP contribution in [-0.2, 0) is 4.74 Å². The van der Waals surface area contributed by atoms with Crippen LogP contribution in [0.4, 0.5) is 10.5 Å². The number of nitro benzene ring substituents is 1. The van der Waals surface area contributed by atoms with Crippen LogP contribution in [0.5, 0.6) is 0 Å². The van der Waals surface area contributed by atoms with Gasteiger partial charge < -0.3 is 10.1 Å². The number of pyridine rings is 1. The maximum atomic E-state index is 11.5. The van der Waals surface area contributed by atoms with Crippen LogP contribution >= 0.6 is 0 Å². The molecule has 0 bridgehead atoms. The molecule has 1 aromatic carbocycles. The highest BCUT2D eigenvalue weighted by atomic mass is 16.6. The number of carbonyl (C=O) groups excluding carboxylic acids is 1. The third-order valence-corrected chi connectivity index (χ3v) is 3.04. The molecule has 1 amide bonds. The van der Waals surface area contributed by atoms with Crippen LogP contribution in [0, 0.1) is 10.1 Å². The number of aromatic nitrogens is 1. The van der Waals surface area contributed by atoms with E-state index in [4.69, 9.17) is 4.74 Å². The van der Waals surface area contributed by atoms with Crippen LogP contribution in [-0.4, -0.2) is 28.1 Å². The Morgan fingerprint density at radius 2 is 2.12 bits per heavy atom. The number of nitrogens with one attached hydrogen (secondary N) is 1. The quantitative estimate of drug-likeness (QED) is 0.682. The van der Waals surface area contributed by atoms with Crippen molar-refractivity contribution in [3.8, 4) is 0 Å². The van der Waals surface area contributed by atoms with E-state index in [9.17, 15) is 14.9 Å². The second-order valence-electron chi connectivity index (χ2n) is 6.12. The molecule has 2 rings (SSSR count). The average Bonchev–Trinajstić information content (AvgIpc) is 2.49. The fraction of sp³-hybridized carbons (Fsp3) is 0.294. The lowest BCUT2D eigenvalue weighted by molar-refractivity contribution is -0.383. The lowest BCUT2D eigenvalue weighted by Gasteiger charge is -2.19. The summed E-state index contributed by atoms with van der Waals surface area (Å²) in [5.74, 6) is 0. The number of hydrogen-bond acceptors (Lipinski definition) is 5. The van der Waals surface area contributed by atoms with Crippen LogP contribution in [0.15, 0.2) is 36.5 Å². The minimum absolute atomic E-state index is 0.0159. The summed E-state index contributed by atoms with van der Waals surface area (Å²) in [4.78, 5) is 26.4. The Hall–Kier alpha value is -2.96. The Morgan fingerprint density at radius 3 is 2.79 bits per heavy atom. The van der Waals surface area contributed by atoms with Gasteiger partial charge in [-0.05, 0) is 39.0 Å². The second-order valence-corrected chi connectivity index (χ2v) is 6.12. The van der Waals surface area contributed by atoms with Crippen LogP contribution < -0.4 is 5.32 Å². The number of alkyl carbamates (subject to hydrolysis) is 1. The molecule has 7 nitrogen and oxygen atoms in total. The molecule has 0 radical (unpaired) electrons. The van der Waals surface area contributed by atoms with Gasteiger partial charge in [-0.2, -0.15) is 0 Å². The summed E-state index contributed by atoms with van der Waals surface area (Å²) in [7, 11) is 0. The largest absolute Gasteiger partial charge is 0.444 e. The van der Waals surface area contributed by atoms with Crippen LogP contribution in [0.1, 0.15) is 26.3 Å². The highest BCUT2D eigenvalue weighted by Gasteiger charge is 2.15. The van der Waals surface area contributed by atoms with Gasteiger partial charge in [-0.25, -0.2) is 4.79 Å². The maximum Gasteiger partial charge on any atom is 0.407 e. The van der Waals surface area contributed by atoms with Gasteiger partial charge in [0.1, 0.15) is 5.60 Å². The zero-order chi connectivity index (χ0) is 17.7. The summed E-state index contributed by atoms with van der Waals surface area (Å²) in [6.45, 7) is 5.64. The fourth-order valence-corrected chi connectivity index (χ4v) is 2.12. The van der Waals surface area contributed by atoms with Gasteiger partial charge in [0.2, 0.25) is 0 Å². The maximum absolute atomic E-state index is 11.5. The average molecular weight is 329 g/mol. The molecule has 0 saturated heterocycles. The summed E-state index contributed by atoms with van der Waals surface area (Å²) in [5, 5.41) is 14.2. The Balaban J connectivity index is 2.12. The van der Waals surface area contributed by atoms with Crippen molar-refractivity contribution in [2.75, 3.05) is 6.54 Å². The van der Waals surface area contributed by atoms with E-state index < -0.39 is 16.6 Å². The van der Waals surface area contributed by atoms with Crippen molar-refractivity contribution in [2.45, 2.75) is 26.4 Å². The minimum Gasteiger partial charge on any atom is -0.444 e. The van der Waals surface area contributed by atoms with E-state index in [-0.39, 0.29) is 12.2 Å². The molecule has 1 heterocycles. The SMILES string of the molecule is CC(C)(C)OC(=O)NCC=Cc1ccc([N+](=O)[O-])c2cccnc12. The molecule has 0 aliphatic carbocycles. The van der Waals surface area contributed by atoms with E-state index in [0.29, 0.717) is 10.9 Å². The Kier molecular flexibility index (Phi) is 5.13. The van der Waals surface area contributed by atoms with Crippen LogP contribution in [0.25, 0.3) is 17.0 Å². The molecule has 0 fully saturated rings. The van der Waals surface area contributed by atoms with E-state index in [0.717, 1.165) is 5.56 Å². The molecule has 0 unspecified atom stereocenters. The number of ether oxygens (including phenoxy) is 1. The number of non-ortho nitro benzene ring substituents is 1. The Bertz CT molecular complexity index is 794. The van der Waals surface area contributed by atoms with Crippen molar-refractivity contribution in [1.82, 2.24) is 10.3 Å². The van der Waals surface area contributed by atoms with Crippen molar-refractivity contribution in [1.29, 1.82) is 0 Å². The van der Waals surface area contributed by atoms with E-state index in [1.165, 1.54) is 6.07 Å². The predicted molar refractivity (Wildman–Crippen MR) is 91.7 cm³/mol. The van der Waals surface area contributed by atoms with E-state index in [1.54, 1.807) is 57.3 Å². The van der Waals surface area contributed by atoms with E-state index >= 15 is 0 Å². The molecule has 1 aromatic heterocycles. The summed E-state index contributed by atoms with van der Waals surface area (Å²) in [6.07, 6.45) is 4.58. The Labute approximate surface area is 139 Å². The van der Waals surface area contributed by atoms with Crippen molar-refractivity contribution in [3.63, 3.8) is 0 Å². The number of amides is 1. The second kappa shape index (κ2) is 7.08. The van der Waals surface area contributed by atoms with Gasteiger partial charge in [0.15, 0.2) is 0 Å². The molecule has 0 atom stereocenters. The van der Waals surface area contributed by atoms with Crippen LogP contribution in [0.3, 0.4) is 0 Å². The number of nitro groups is 1. The first-order chi connectivity index (χ1) is 11.3. The lowest BCUT2D eigenvalue weighted by Crippen LogP contribution is -2.32. The zero-order valence-electron chi connectivity index (χ0n) is 13.8. The van der Waals surface area contributed by atoms with Crippen molar-refractivity contribution in [2.24, 2.45) is 0 Å². The molecule has 126 valence electrons. The van der Waals surface area contributed by atoms with Crippen LogP contribution in [0.2, 0.25) is 0 Å². The molecule has 24 heavy (non-hydrogen) atoms.